The van der Waals surface area contributed by atoms with Gasteiger partial charge < -0.3 is 29.6 Å². The summed E-state index contributed by atoms with van der Waals surface area (Å²) in [6, 6.07) is 0. The zero-order valence-electron chi connectivity index (χ0n) is 3.73. The summed E-state index contributed by atoms with van der Waals surface area (Å²) < 4.78 is 4.79. The number of rotatable bonds is 1. The fraction of sp³-hybridized carbons (Fsp3) is 0.667. The molecule has 0 saturated heterocycles. The monoisotopic (exact) mass is 184 g/mol. The van der Waals surface area contributed by atoms with E-state index in [1.807, 2.05) is 6.92 Å². The second-order valence-electron chi connectivity index (χ2n) is 0.683. The van der Waals surface area contributed by atoms with Crippen LogP contribution in [0.5, 0.6) is 0 Å². The summed E-state index contributed by atoms with van der Waals surface area (Å²) in [5.74, 6) is 0. The molecule has 0 spiro atoms. The first kappa shape index (κ1) is 10.6. The molecular weight excluding hydrogens is 180 g/mol. The van der Waals surface area contributed by atoms with E-state index in [2.05, 4.69) is 29.6 Å². The molecule has 7 heavy (non-hydrogen) atoms. The summed E-state index contributed by atoms with van der Waals surface area (Å²) in [5, 5.41) is 0. The van der Waals surface area contributed by atoms with Gasteiger partial charge in [0.15, 0.2) is 0 Å². The van der Waals surface area contributed by atoms with Crippen molar-refractivity contribution < 1.29 is 21.8 Å². The van der Waals surface area contributed by atoms with Gasteiger partial charge in [0.1, 0.15) is 0 Å². The number of hydrogen-bond donors (Lipinski definition) is 0. The maximum atomic E-state index is 4.59. The molecule has 0 N–H and O–H groups in total. The molecule has 0 fully saturated rings. The van der Waals surface area contributed by atoms with Crippen LogP contribution in [-0.4, -0.2) is 11.0 Å². The van der Waals surface area contributed by atoms with Crippen LogP contribution in [0.3, 0.4) is 0 Å². The molecule has 0 aliphatic rings. The van der Waals surface area contributed by atoms with Crippen molar-refractivity contribution in [2.75, 3.05) is 6.61 Å². The van der Waals surface area contributed by atoms with Gasteiger partial charge in [0.25, 0.3) is 0 Å². The number of hydrogen-bond acceptors (Lipinski definition) is 3. The normalized spacial score (nSPS) is 6.43. The van der Waals surface area contributed by atoms with Gasteiger partial charge in [-0.2, -0.15) is 0 Å². The van der Waals surface area contributed by atoms with E-state index in [4.69, 9.17) is 0 Å². The zero-order valence-corrected chi connectivity index (χ0v) is 6.31. The molecule has 0 aliphatic heterocycles. The minimum absolute atomic E-state index is 0. The summed E-state index contributed by atoms with van der Waals surface area (Å²) >= 11 is 8.77. The number of thiocarbonyl (C=S) groups is 1. The van der Waals surface area contributed by atoms with Gasteiger partial charge in [-0.15, -0.1) is 0 Å². The fourth-order valence-corrected chi connectivity index (χ4v) is 0.354. The maximum Gasteiger partial charge on any atom is 1.00 e. The minimum Gasteiger partial charge on any atom is -0.514 e. The number of ether oxygens (including phenoxy) is 1. The molecule has 0 aromatic carbocycles. The second-order valence-corrected chi connectivity index (χ2v) is 1.68. The topological polar surface area (TPSA) is 9.23 Å². The molecule has 4 heteroatoms. The predicted octanol–water partition coefficient (Wildman–Crippen LogP) is 0.852. The third-order valence-electron chi connectivity index (χ3n) is 0.262. The molecule has 0 unspecified atom stereocenters. The van der Waals surface area contributed by atoms with Crippen molar-refractivity contribution in [1.82, 2.24) is 0 Å². The van der Waals surface area contributed by atoms with Gasteiger partial charge in [0.2, 0.25) is 0 Å². The van der Waals surface area contributed by atoms with E-state index in [0.29, 0.717) is 6.61 Å². The van der Waals surface area contributed by atoms with E-state index in [-0.39, 0.29) is 21.5 Å². The van der Waals surface area contributed by atoms with Gasteiger partial charge in [-0.3, -0.25) is 0 Å². The molecule has 0 aliphatic carbocycles. The Bertz CT molecular complexity index is 56.9. The largest absolute Gasteiger partial charge is 1.00 e. The minimum atomic E-state index is 0. The Labute approximate surface area is 64.7 Å². The Morgan fingerprint density at radius 2 is 2.29 bits per heavy atom. The summed E-state index contributed by atoms with van der Waals surface area (Å²) in [4.78, 5) is 0. The van der Waals surface area contributed by atoms with E-state index in [9.17, 15) is 0 Å². The second kappa shape index (κ2) is 6.63. The molecule has 46 valence electrons. The van der Waals surface area contributed by atoms with Crippen molar-refractivity contribution in [3.05, 3.63) is 0 Å². The smallest absolute Gasteiger partial charge is 0.514 e. The summed E-state index contributed by atoms with van der Waals surface area (Å²) in [6.45, 7) is 2.43. The molecule has 0 aromatic rings. The first-order valence-electron chi connectivity index (χ1n) is 1.61. The van der Waals surface area contributed by atoms with Gasteiger partial charge in [0.05, 0.1) is 6.61 Å². The third-order valence-corrected chi connectivity index (χ3v) is 0.498. The van der Waals surface area contributed by atoms with Crippen molar-refractivity contribution in [3.8, 4) is 0 Å². The van der Waals surface area contributed by atoms with E-state index in [0.717, 1.165) is 0 Å². The Morgan fingerprint density at radius 3 is 2.29 bits per heavy atom. The maximum absolute atomic E-state index is 4.59. The molecule has 0 atom stereocenters. The van der Waals surface area contributed by atoms with Gasteiger partial charge in [-0.05, 0) is 6.92 Å². The van der Waals surface area contributed by atoms with Crippen LogP contribution in [-0.2, 0) is 34.4 Å². The van der Waals surface area contributed by atoms with Crippen molar-refractivity contribution in [2.24, 2.45) is 0 Å². The van der Waals surface area contributed by atoms with Crippen LogP contribution in [0.4, 0.5) is 0 Å². The molecule has 0 heterocycles. The van der Waals surface area contributed by atoms with E-state index in [1.165, 1.54) is 0 Å². The van der Waals surface area contributed by atoms with Crippen LogP contribution in [0.25, 0.3) is 0 Å². The standard InChI is InChI=1S/C3H6OS2.Cu/c1-2-4-3(5)6;/h2H2,1H3,(H,5,6);/q;+1/p-1. The van der Waals surface area contributed by atoms with Crippen molar-refractivity contribution in [2.45, 2.75) is 6.92 Å². The molecular formula is C3H5CuOS2. The fourth-order valence-electron chi connectivity index (χ4n) is 0.118. The average Bonchev–Trinajstić information content (AvgIpc) is 1.35. The average molecular weight is 185 g/mol. The molecule has 0 aromatic heterocycles. The Balaban J connectivity index is 0. The molecule has 0 saturated carbocycles. The van der Waals surface area contributed by atoms with E-state index in [1.54, 1.807) is 0 Å². The van der Waals surface area contributed by atoms with E-state index < -0.39 is 0 Å². The SMILES string of the molecule is CCOC(=S)[S-].[Cu+]. The summed E-state index contributed by atoms with van der Waals surface area (Å²) in [7, 11) is 0. The molecule has 0 bridgehead atoms. The first-order valence-corrected chi connectivity index (χ1v) is 2.42. The predicted molar refractivity (Wildman–Crippen MR) is 31.6 cm³/mol. The van der Waals surface area contributed by atoms with Gasteiger partial charge >= 0.3 is 17.1 Å². The van der Waals surface area contributed by atoms with Crippen molar-refractivity contribution in [1.29, 1.82) is 0 Å². The Hall–Kier alpha value is 0.629. The van der Waals surface area contributed by atoms with Gasteiger partial charge in [-0.25, -0.2) is 0 Å². The van der Waals surface area contributed by atoms with Crippen LogP contribution in [0.1, 0.15) is 6.92 Å². The van der Waals surface area contributed by atoms with Gasteiger partial charge in [-0.1, -0.05) is 0 Å². The van der Waals surface area contributed by atoms with Gasteiger partial charge in [0, 0.05) is 4.38 Å². The summed E-state index contributed by atoms with van der Waals surface area (Å²) in [5.41, 5.74) is 0. The van der Waals surface area contributed by atoms with Crippen LogP contribution < -0.4 is 0 Å². The Kier molecular flexibility index (Phi) is 10.0. The molecule has 0 radical (unpaired) electrons. The molecule has 0 rings (SSSR count). The van der Waals surface area contributed by atoms with Crippen molar-refractivity contribution in [3.63, 3.8) is 0 Å². The van der Waals surface area contributed by atoms with Crippen molar-refractivity contribution >= 4 is 29.2 Å². The van der Waals surface area contributed by atoms with Crippen LogP contribution >= 0.6 is 12.2 Å². The van der Waals surface area contributed by atoms with Crippen LogP contribution in [0, 0.1) is 0 Å². The third kappa shape index (κ3) is 10.8. The van der Waals surface area contributed by atoms with Crippen LogP contribution in [0.15, 0.2) is 0 Å². The zero-order chi connectivity index (χ0) is 4.99. The Morgan fingerprint density at radius 1 is 1.86 bits per heavy atom. The van der Waals surface area contributed by atoms with Crippen LogP contribution in [0.2, 0.25) is 0 Å². The first-order chi connectivity index (χ1) is 2.77. The molecule has 1 nitrogen and oxygen atoms in total. The quantitative estimate of drug-likeness (QED) is 0.340. The van der Waals surface area contributed by atoms with E-state index >= 15 is 0 Å². The summed E-state index contributed by atoms with van der Waals surface area (Å²) in [6.07, 6.45) is 0. The molecule has 0 amide bonds.